The number of carbonyl (C=O) groups is 2. The van der Waals surface area contributed by atoms with Gasteiger partial charge in [-0.15, -0.1) is 0 Å². The molecule has 0 rings (SSSR count). The minimum absolute atomic E-state index is 0.197. The van der Waals surface area contributed by atoms with Crippen molar-refractivity contribution in [2.75, 3.05) is 12.5 Å². The molecule has 0 N–H and O–H groups in total. The molecule has 0 atom stereocenters. The SMILES string of the molecule is CCCSC(=O)OCOC(=O)C(C)C. The molecule has 0 aromatic rings. The van der Waals surface area contributed by atoms with Crippen molar-refractivity contribution in [3.8, 4) is 0 Å². The Labute approximate surface area is 88.3 Å². The van der Waals surface area contributed by atoms with Gasteiger partial charge in [-0.2, -0.15) is 0 Å². The molecular weight excluding hydrogens is 204 g/mol. The van der Waals surface area contributed by atoms with Gasteiger partial charge in [0.15, 0.2) is 0 Å². The summed E-state index contributed by atoms with van der Waals surface area (Å²) in [7, 11) is 0. The zero-order chi connectivity index (χ0) is 11.0. The monoisotopic (exact) mass is 220 g/mol. The van der Waals surface area contributed by atoms with Gasteiger partial charge in [0.05, 0.1) is 5.92 Å². The third-order valence-corrected chi connectivity index (χ3v) is 2.24. The van der Waals surface area contributed by atoms with Crippen LogP contribution in [-0.4, -0.2) is 23.8 Å². The molecule has 0 aliphatic heterocycles. The van der Waals surface area contributed by atoms with Crippen LogP contribution in [0.1, 0.15) is 27.2 Å². The highest BCUT2D eigenvalue weighted by Gasteiger charge is 2.09. The Bertz CT molecular complexity index is 191. The highest BCUT2D eigenvalue weighted by atomic mass is 32.2. The Morgan fingerprint density at radius 1 is 1.29 bits per heavy atom. The Morgan fingerprint density at radius 2 is 1.93 bits per heavy atom. The number of hydrogen-bond acceptors (Lipinski definition) is 5. The van der Waals surface area contributed by atoms with Crippen molar-refractivity contribution in [2.45, 2.75) is 27.2 Å². The number of hydrogen-bond donors (Lipinski definition) is 0. The Morgan fingerprint density at radius 3 is 2.43 bits per heavy atom. The predicted molar refractivity (Wildman–Crippen MR) is 55.0 cm³/mol. The van der Waals surface area contributed by atoms with E-state index < -0.39 is 5.30 Å². The van der Waals surface area contributed by atoms with Crippen LogP contribution in [0.25, 0.3) is 0 Å². The average molecular weight is 220 g/mol. The smallest absolute Gasteiger partial charge is 0.370 e. The Kier molecular flexibility index (Phi) is 7.28. The summed E-state index contributed by atoms with van der Waals surface area (Å²) in [5, 5.41) is -0.400. The van der Waals surface area contributed by atoms with Crippen molar-refractivity contribution in [3.63, 3.8) is 0 Å². The first kappa shape index (κ1) is 13.3. The van der Waals surface area contributed by atoms with Gasteiger partial charge < -0.3 is 9.47 Å². The number of ether oxygens (including phenoxy) is 2. The van der Waals surface area contributed by atoms with E-state index in [-0.39, 0.29) is 18.7 Å². The fourth-order valence-electron chi connectivity index (χ4n) is 0.529. The summed E-state index contributed by atoms with van der Waals surface area (Å²) in [4.78, 5) is 21.8. The number of rotatable bonds is 5. The molecule has 0 aromatic heterocycles. The van der Waals surface area contributed by atoms with E-state index in [4.69, 9.17) is 0 Å². The molecule has 4 nitrogen and oxygen atoms in total. The molecule has 0 heterocycles. The molecule has 0 radical (unpaired) electrons. The maximum Gasteiger partial charge on any atom is 0.370 e. The van der Waals surface area contributed by atoms with E-state index in [1.54, 1.807) is 13.8 Å². The van der Waals surface area contributed by atoms with E-state index in [1.807, 2.05) is 6.92 Å². The third kappa shape index (κ3) is 6.77. The predicted octanol–water partition coefficient (Wildman–Crippen LogP) is 2.42. The molecule has 0 aromatic carbocycles. The fraction of sp³-hybridized carbons (Fsp3) is 0.778. The van der Waals surface area contributed by atoms with Crippen LogP contribution in [0.5, 0.6) is 0 Å². The van der Waals surface area contributed by atoms with Gasteiger partial charge in [0.25, 0.3) is 0 Å². The molecule has 0 saturated carbocycles. The Balaban J connectivity index is 3.44. The minimum atomic E-state index is -0.400. The molecule has 14 heavy (non-hydrogen) atoms. The second-order valence-electron chi connectivity index (χ2n) is 2.98. The van der Waals surface area contributed by atoms with E-state index in [1.165, 1.54) is 0 Å². The summed E-state index contributed by atoms with van der Waals surface area (Å²) in [6.45, 7) is 5.12. The van der Waals surface area contributed by atoms with Crippen LogP contribution in [0, 0.1) is 5.92 Å². The molecule has 0 unspecified atom stereocenters. The molecule has 0 saturated heterocycles. The van der Waals surface area contributed by atoms with Gasteiger partial charge in [-0.25, -0.2) is 4.79 Å². The summed E-state index contributed by atoms with van der Waals surface area (Å²) < 4.78 is 9.30. The van der Waals surface area contributed by atoms with Crippen molar-refractivity contribution in [3.05, 3.63) is 0 Å². The lowest BCUT2D eigenvalue weighted by Crippen LogP contribution is -2.15. The quantitative estimate of drug-likeness (QED) is 0.526. The molecule has 0 fully saturated rings. The van der Waals surface area contributed by atoms with Crippen molar-refractivity contribution in [1.29, 1.82) is 0 Å². The van der Waals surface area contributed by atoms with Crippen molar-refractivity contribution >= 4 is 23.0 Å². The first-order valence-corrected chi connectivity index (χ1v) is 5.52. The van der Waals surface area contributed by atoms with Gasteiger partial charge in [0, 0.05) is 5.75 Å². The second kappa shape index (κ2) is 7.67. The summed E-state index contributed by atoms with van der Waals surface area (Å²) in [5.41, 5.74) is 0. The average Bonchev–Trinajstić information content (AvgIpc) is 2.14. The lowest BCUT2D eigenvalue weighted by atomic mass is 10.2. The van der Waals surface area contributed by atoms with Crippen LogP contribution in [0.15, 0.2) is 0 Å². The fourth-order valence-corrected chi connectivity index (χ4v) is 1.03. The van der Waals surface area contributed by atoms with Crippen molar-refractivity contribution < 1.29 is 19.1 Å². The third-order valence-electron chi connectivity index (χ3n) is 1.27. The zero-order valence-corrected chi connectivity index (χ0v) is 9.56. The number of carbonyl (C=O) groups excluding carboxylic acids is 2. The maximum atomic E-state index is 10.9. The number of esters is 1. The van der Waals surface area contributed by atoms with E-state index in [2.05, 4.69) is 9.47 Å². The summed E-state index contributed by atoms with van der Waals surface area (Å²) in [5.74, 6) is 0.159. The lowest BCUT2D eigenvalue weighted by molar-refractivity contribution is -0.155. The first-order valence-electron chi connectivity index (χ1n) is 4.54. The highest BCUT2D eigenvalue weighted by Crippen LogP contribution is 2.06. The molecule has 82 valence electrons. The summed E-state index contributed by atoms with van der Waals surface area (Å²) >= 11 is 1.08. The zero-order valence-electron chi connectivity index (χ0n) is 8.74. The van der Waals surface area contributed by atoms with E-state index >= 15 is 0 Å². The van der Waals surface area contributed by atoms with E-state index in [0.29, 0.717) is 0 Å². The normalized spacial score (nSPS) is 10.0. The highest BCUT2D eigenvalue weighted by molar-refractivity contribution is 8.13. The summed E-state index contributed by atoms with van der Waals surface area (Å²) in [6.07, 6.45) is 0.908. The van der Waals surface area contributed by atoms with Gasteiger partial charge in [-0.3, -0.25) is 4.79 Å². The van der Waals surface area contributed by atoms with Gasteiger partial charge >= 0.3 is 11.3 Å². The Hall–Kier alpha value is -0.710. The topological polar surface area (TPSA) is 52.6 Å². The second-order valence-corrected chi connectivity index (χ2v) is 4.01. The lowest BCUT2D eigenvalue weighted by Gasteiger charge is -2.06. The first-order chi connectivity index (χ1) is 6.57. The van der Waals surface area contributed by atoms with Crippen LogP contribution in [0.2, 0.25) is 0 Å². The molecule has 0 bridgehead atoms. The maximum absolute atomic E-state index is 10.9. The largest absolute Gasteiger partial charge is 0.428 e. The van der Waals surface area contributed by atoms with Crippen LogP contribution >= 0.6 is 11.8 Å². The molecule has 0 amide bonds. The van der Waals surface area contributed by atoms with Gasteiger partial charge in [0.2, 0.25) is 6.79 Å². The van der Waals surface area contributed by atoms with Gasteiger partial charge in [0.1, 0.15) is 0 Å². The summed E-state index contributed by atoms with van der Waals surface area (Å²) in [6, 6.07) is 0. The molecule has 0 aliphatic rings. The van der Waals surface area contributed by atoms with Crippen LogP contribution in [0.4, 0.5) is 4.79 Å². The molecule has 0 aliphatic carbocycles. The molecule has 0 spiro atoms. The van der Waals surface area contributed by atoms with E-state index in [9.17, 15) is 9.59 Å². The van der Waals surface area contributed by atoms with Gasteiger partial charge in [-0.1, -0.05) is 20.8 Å². The van der Waals surface area contributed by atoms with Crippen LogP contribution in [0.3, 0.4) is 0 Å². The van der Waals surface area contributed by atoms with Gasteiger partial charge in [-0.05, 0) is 18.2 Å². The molecule has 5 heteroatoms. The standard InChI is InChI=1S/C9H16O4S/c1-4-5-14-9(11)13-6-12-8(10)7(2)3/h7H,4-6H2,1-3H3. The van der Waals surface area contributed by atoms with Crippen molar-refractivity contribution in [1.82, 2.24) is 0 Å². The van der Waals surface area contributed by atoms with Crippen LogP contribution < -0.4 is 0 Å². The molecular formula is C9H16O4S. The van der Waals surface area contributed by atoms with E-state index in [0.717, 1.165) is 23.9 Å². The minimum Gasteiger partial charge on any atom is -0.428 e. The van der Waals surface area contributed by atoms with Crippen molar-refractivity contribution in [2.24, 2.45) is 5.92 Å². The van der Waals surface area contributed by atoms with Crippen LogP contribution in [-0.2, 0) is 14.3 Å². The number of thioether (sulfide) groups is 1.